The number of carbonyl (C=O) groups is 2. The standard InChI is InChI=1S/C18H17ClN2O4/c1-24-15-7-6-12(10-13(15)19)20-17(22)8-9-21-14-4-2-3-5-16(14)25-11-18(21)23/h2-7,10H,8-9,11H2,1H3,(H,20,22). The van der Waals surface area contributed by atoms with Gasteiger partial charge in [0, 0.05) is 18.7 Å². The largest absolute Gasteiger partial charge is 0.495 e. The second kappa shape index (κ2) is 7.44. The van der Waals surface area contributed by atoms with Crippen molar-refractivity contribution in [1.29, 1.82) is 0 Å². The van der Waals surface area contributed by atoms with E-state index >= 15 is 0 Å². The quantitative estimate of drug-likeness (QED) is 0.889. The van der Waals surface area contributed by atoms with Gasteiger partial charge in [0.05, 0.1) is 17.8 Å². The molecule has 2 aromatic carbocycles. The van der Waals surface area contributed by atoms with E-state index in [0.29, 0.717) is 27.9 Å². The fourth-order valence-electron chi connectivity index (χ4n) is 2.58. The summed E-state index contributed by atoms with van der Waals surface area (Å²) in [6, 6.07) is 12.3. The van der Waals surface area contributed by atoms with Crippen LogP contribution in [-0.4, -0.2) is 32.1 Å². The third-order valence-electron chi connectivity index (χ3n) is 3.81. The van der Waals surface area contributed by atoms with Crippen molar-refractivity contribution >= 4 is 34.8 Å². The number of methoxy groups -OCH3 is 1. The van der Waals surface area contributed by atoms with Gasteiger partial charge in [-0.1, -0.05) is 23.7 Å². The summed E-state index contributed by atoms with van der Waals surface area (Å²) < 4.78 is 10.5. The maximum atomic E-state index is 12.2. The minimum atomic E-state index is -0.210. The molecule has 0 aliphatic carbocycles. The van der Waals surface area contributed by atoms with E-state index in [1.165, 1.54) is 7.11 Å². The van der Waals surface area contributed by atoms with Gasteiger partial charge in [-0.25, -0.2) is 0 Å². The average molecular weight is 361 g/mol. The SMILES string of the molecule is COc1ccc(NC(=O)CCN2C(=O)COc3ccccc32)cc1Cl. The van der Waals surface area contributed by atoms with Gasteiger partial charge in [0.15, 0.2) is 6.61 Å². The van der Waals surface area contributed by atoms with Crippen molar-refractivity contribution in [1.82, 2.24) is 0 Å². The van der Waals surface area contributed by atoms with Crippen molar-refractivity contribution in [2.45, 2.75) is 6.42 Å². The molecule has 0 saturated heterocycles. The monoisotopic (exact) mass is 360 g/mol. The second-order valence-corrected chi connectivity index (χ2v) is 5.86. The number of amides is 2. The van der Waals surface area contributed by atoms with Crippen molar-refractivity contribution in [2.75, 3.05) is 30.5 Å². The van der Waals surface area contributed by atoms with Gasteiger partial charge in [-0.3, -0.25) is 9.59 Å². The van der Waals surface area contributed by atoms with E-state index in [0.717, 1.165) is 0 Å². The zero-order chi connectivity index (χ0) is 17.8. The maximum absolute atomic E-state index is 12.2. The molecule has 0 bridgehead atoms. The Morgan fingerprint density at radius 1 is 1.32 bits per heavy atom. The number of para-hydroxylation sites is 2. The maximum Gasteiger partial charge on any atom is 0.265 e. The van der Waals surface area contributed by atoms with Crippen molar-refractivity contribution in [3.63, 3.8) is 0 Å². The highest BCUT2D eigenvalue weighted by molar-refractivity contribution is 6.32. The molecule has 0 fully saturated rings. The Hall–Kier alpha value is -2.73. The number of halogens is 1. The Kier molecular flexibility index (Phi) is 5.09. The molecule has 0 unspecified atom stereocenters. The Balaban J connectivity index is 1.63. The summed E-state index contributed by atoms with van der Waals surface area (Å²) >= 11 is 6.04. The molecule has 25 heavy (non-hydrogen) atoms. The predicted octanol–water partition coefficient (Wildman–Crippen LogP) is 3.10. The highest BCUT2D eigenvalue weighted by atomic mass is 35.5. The Bertz CT molecular complexity index is 809. The Labute approximate surface area is 150 Å². The number of fused-ring (bicyclic) bond motifs is 1. The molecule has 130 valence electrons. The van der Waals surface area contributed by atoms with Gasteiger partial charge in [-0.05, 0) is 30.3 Å². The van der Waals surface area contributed by atoms with Crippen LogP contribution in [0.5, 0.6) is 11.5 Å². The van der Waals surface area contributed by atoms with Crippen LogP contribution in [0.4, 0.5) is 11.4 Å². The van der Waals surface area contributed by atoms with Gasteiger partial charge < -0.3 is 19.7 Å². The molecule has 0 aromatic heterocycles. The second-order valence-electron chi connectivity index (χ2n) is 5.45. The van der Waals surface area contributed by atoms with Crippen molar-refractivity contribution in [3.05, 3.63) is 47.5 Å². The minimum absolute atomic E-state index is 0.0211. The summed E-state index contributed by atoms with van der Waals surface area (Å²) in [5, 5.41) is 3.18. The normalized spacial score (nSPS) is 13.0. The average Bonchev–Trinajstić information content (AvgIpc) is 2.61. The summed E-state index contributed by atoms with van der Waals surface area (Å²) in [6.07, 6.45) is 0.156. The van der Waals surface area contributed by atoms with Crippen LogP contribution in [0.3, 0.4) is 0 Å². The molecular formula is C18H17ClN2O4. The van der Waals surface area contributed by atoms with Gasteiger partial charge >= 0.3 is 0 Å². The van der Waals surface area contributed by atoms with E-state index in [1.807, 2.05) is 12.1 Å². The predicted molar refractivity (Wildman–Crippen MR) is 95.5 cm³/mol. The molecule has 1 aliphatic rings. The first-order chi connectivity index (χ1) is 12.1. The summed E-state index contributed by atoms with van der Waals surface area (Å²) in [7, 11) is 1.52. The summed E-state index contributed by atoms with van der Waals surface area (Å²) in [5.41, 5.74) is 1.25. The first kappa shape index (κ1) is 17.1. The molecule has 1 N–H and O–H groups in total. The third kappa shape index (κ3) is 3.85. The number of nitrogens with zero attached hydrogens (tertiary/aromatic N) is 1. The van der Waals surface area contributed by atoms with Crippen LogP contribution in [-0.2, 0) is 9.59 Å². The summed E-state index contributed by atoms with van der Waals surface area (Å²) in [5.74, 6) is 0.802. The fraction of sp³-hybridized carbons (Fsp3) is 0.222. The number of rotatable bonds is 5. The van der Waals surface area contributed by atoms with Gasteiger partial charge in [0.2, 0.25) is 5.91 Å². The third-order valence-corrected chi connectivity index (χ3v) is 4.10. The van der Waals surface area contributed by atoms with E-state index in [1.54, 1.807) is 35.2 Å². The highest BCUT2D eigenvalue weighted by Gasteiger charge is 2.25. The van der Waals surface area contributed by atoms with Crippen LogP contribution in [0.1, 0.15) is 6.42 Å². The van der Waals surface area contributed by atoms with Gasteiger partial charge in [-0.2, -0.15) is 0 Å². The molecule has 1 aliphatic heterocycles. The number of anilines is 2. The molecular weight excluding hydrogens is 344 g/mol. The number of benzene rings is 2. The van der Waals surface area contributed by atoms with Crippen molar-refractivity contribution in [2.24, 2.45) is 0 Å². The van der Waals surface area contributed by atoms with E-state index in [4.69, 9.17) is 21.1 Å². The molecule has 1 heterocycles. The van der Waals surface area contributed by atoms with Crippen LogP contribution in [0, 0.1) is 0 Å². The topological polar surface area (TPSA) is 67.9 Å². The molecule has 0 spiro atoms. The summed E-state index contributed by atoms with van der Waals surface area (Å²) in [6.45, 7) is 0.252. The van der Waals surface area contributed by atoms with Crippen LogP contribution >= 0.6 is 11.6 Å². The lowest BCUT2D eigenvalue weighted by Crippen LogP contribution is -2.40. The van der Waals surface area contributed by atoms with Crippen LogP contribution in [0.25, 0.3) is 0 Å². The number of carbonyl (C=O) groups excluding carboxylic acids is 2. The van der Waals surface area contributed by atoms with Gasteiger partial charge in [-0.15, -0.1) is 0 Å². The molecule has 3 rings (SSSR count). The molecule has 7 heteroatoms. The highest BCUT2D eigenvalue weighted by Crippen LogP contribution is 2.31. The number of nitrogens with one attached hydrogen (secondary N) is 1. The number of ether oxygens (including phenoxy) is 2. The van der Waals surface area contributed by atoms with E-state index in [2.05, 4.69) is 5.32 Å². The molecule has 0 radical (unpaired) electrons. The van der Waals surface area contributed by atoms with Crippen molar-refractivity contribution in [3.8, 4) is 11.5 Å². The zero-order valence-electron chi connectivity index (χ0n) is 13.6. The minimum Gasteiger partial charge on any atom is -0.495 e. The zero-order valence-corrected chi connectivity index (χ0v) is 14.4. The smallest absolute Gasteiger partial charge is 0.265 e. The fourth-order valence-corrected chi connectivity index (χ4v) is 2.84. The molecule has 2 amide bonds. The number of hydrogen-bond acceptors (Lipinski definition) is 4. The first-order valence-corrected chi connectivity index (χ1v) is 8.12. The van der Waals surface area contributed by atoms with E-state index < -0.39 is 0 Å². The lowest BCUT2D eigenvalue weighted by atomic mass is 10.2. The molecule has 0 atom stereocenters. The van der Waals surface area contributed by atoms with Crippen LogP contribution in [0.2, 0.25) is 5.02 Å². The van der Waals surface area contributed by atoms with Crippen molar-refractivity contribution < 1.29 is 19.1 Å². The van der Waals surface area contributed by atoms with Crippen LogP contribution in [0.15, 0.2) is 42.5 Å². The van der Waals surface area contributed by atoms with E-state index in [-0.39, 0.29) is 31.4 Å². The summed E-state index contributed by atoms with van der Waals surface area (Å²) in [4.78, 5) is 25.8. The first-order valence-electron chi connectivity index (χ1n) is 7.74. The van der Waals surface area contributed by atoms with Gasteiger partial charge in [0.1, 0.15) is 11.5 Å². The lowest BCUT2D eigenvalue weighted by molar-refractivity contribution is -0.121. The lowest BCUT2D eigenvalue weighted by Gasteiger charge is -2.29. The number of hydrogen-bond donors (Lipinski definition) is 1. The molecule has 0 saturated carbocycles. The van der Waals surface area contributed by atoms with E-state index in [9.17, 15) is 9.59 Å². The molecule has 6 nitrogen and oxygen atoms in total. The Morgan fingerprint density at radius 3 is 2.88 bits per heavy atom. The van der Waals surface area contributed by atoms with Crippen LogP contribution < -0.4 is 19.7 Å². The van der Waals surface area contributed by atoms with Gasteiger partial charge in [0.25, 0.3) is 5.91 Å². The Morgan fingerprint density at radius 2 is 2.12 bits per heavy atom. The molecule has 2 aromatic rings.